The van der Waals surface area contributed by atoms with Gasteiger partial charge >= 0.3 is 0 Å². The molecule has 1 spiro atoms. The largest absolute Gasteiger partial charge is 0.493 e. The van der Waals surface area contributed by atoms with Crippen molar-refractivity contribution in [3.05, 3.63) is 53.1 Å². The number of ether oxygens (including phenoxy) is 2. The number of hydrogen-bond donors (Lipinski definition) is 0. The second-order valence-electron chi connectivity index (χ2n) is 5.99. The van der Waals surface area contributed by atoms with E-state index in [2.05, 4.69) is 4.99 Å². The maximum Gasteiger partial charge on any atom is 0.179 e. The third-order valence-corrected chi connectivity index (χ3v) is 4.97. The molecule has 116 valence electrons. The lowest BCUT2D eigenvalue weighted by Gasteiger charge is -2.23. The molecular weight excluding hydrogens is 290 g/mol. The van der Waals surface area contributed by atoms with Crippen LogP contribution in [0.1, 0.15) is 28.4 Å². The van der Waals surface area contributed by atoms with Gasteiger partial charge in [0.15, 0.2) is 17.3 Å². The topological polar surface area (TPSA) is 47.9 Å². The number of Topliss-reactive ketones (excluding diaryl/α,β-unsaturated/α-hetero) is 1. The highest BCUT2D eigenvalue weighted by molar-refractivity contribution is 6.26. The summed E-state index contributed by atoms with van der Waals surface area (Å²) in [6.07, 6.45) is 0.619. The minimum atomic E-state index is -0.670. The number of rotatable bonds is 2. The van der Waals surface area contributed by atoms with Gasteiger partial charge in [0.05, 0.1) is 19.9 Å². The van der Waals surface area contributed by atoms with Gasteiger partial charge in [-0.3, -0.25) is 9.79 Å². The zero-order chi connectivity index (χ0) is 16.2. The van der Waals surface area contributed by atoms with Gasteiger partial charge in [-0.25, -0.2) is 0 Å². The van der Waals surface area contributed by atoms with E-state index in [0.29, 0.717) is 23.5 Å². The number of nitrogens with zero attached hydrogens (tertiary/aromatic N) is 1. The van der Waals surface area contributed by atoms with Gasteiger partial charge in [-0.2, -0.15) is 0 Å². The van der Waals surface area contributed by atoms with Gasteiger partial charge in [0.1, 0.15) is 5.41 Å². The number of ketones is 1. The predicted molar refractivity (Wildman–Crippen MR) is 88.5 cm³/mol. The minimum Gasteiger partial charge on any atom is -0.493 e. The van der Waals surface area contributed by atoms with E-state index in [9.17, 15) is 4.79 Å². The molecule has 2 aromatic rings. The Morgan fingerprint density at radius 2 is 1.78 bits per heavy atom. The number of carbonyl (C=O) groups excluding carboxylic acids is 1. The molecule has 0 N–H and O–H groups in total. The number of carbonyl (C=O) groups is 1. The Kier molecular flexibility index (Phi) is 2.85. The highest BCUT2D eigenvalue weighted by atomic mass is 16.5. The van der Waals surface area contributed by atoms with Crippen molar-refractivity contribution in [1.82, 2.24) is 0 Å². The summed E-state index contributed by atoms with van der Waals surface area (Å²) in [7, 11) is 3.19. The monoisotopic (exact) mass is 307 g/mol. The molecule has 1 aliphatic carbocycles. The fourth-order valence-corrected chi connectivity index (χ4v) is 3.79. The lowest BCUT2D eigenvalue weighted by Crippen LogP contribution is -2.37. The van der Waals surface area contributed by atoms with E-state index in [1.165, 1.54) is 0 Å². The first-order chi connectivity index (χ1) is 11.1. The molecule has 1 atom stereocenters. The molecule has 1 heterocycles. The number of aliphatic imine (C=N–C) groups is 1. The molecule has 4 rings (SSSR count). The number of hydrogen-bond acceptors (Lipinski definition) is 4. The van der Waals surface area contributed by atoms with Crippen molar-refractivity contribution in [3.8, 4) is 11.5 Å². The van der Waals surface area contributed by atoms with Crippen LogP contribution in [-0.4, -0.2) is 25.7 Å². The van der Waals surface area contributed by atoms with Crippen molar-refractivity contribution >= 4 is 17.2 Å². The average Bonchev–Trinajstić information content (AvgIpc) is 3.02. The maximum atomic E-state index is 13.3. The van der Waals surface area contributed by atoms with Gasteiger partial charge in [0.25, 0.3) is 0 Å². The van der Waals surface area contributed by atoms with Gasteiger partial charge in [0.2, 0.25) is 0 Å². The smallest absolute Gasteiger partial charge is 0.179 e. The van der Waals surface area contributed by atoms with Crippen LogP contribution in [0.2, 0.25) is 0 Å². The Morgan fingerprint density at radius 1 is 1.09 bits per heavy atom. The predicted octanol–water partition coefficient (Wildman–Crippen LogP) is 3.49. The molecular formula is C19H17NO3. The van der Waals surface area contributed by atoms with Crippen LogP contribution in [0.25, 0.3) is 0 Å². The molecule has 0 aromatic heterocycles. The van der Waals surface area contributed by atoms with Crippen molar-refractivity contribution in [2.24, 2.45) is 4.99 Å². The third-order valence-electron chi connectivity index (χ3n) is 4.97. The van der Waals surface area contributed by atoms with E-state index in [0.717, 1.165) is 22.5 Å². The van der Waals surface area contributed by atoms with Crippen LogP contribution in [0.3, 0.4) is 0 Å². The lowest BCUT2D eigenvalue weighted by atomic mass is 9.74. The van der Waals surface area contributed by atoms with E-state index >= 15 is 0 Å². The summed E-state index contributed by atoms with van der Waals surface area (Å²) in [5.74, 6) is 1.33. The summed E-state index contributed by atoms with van der Waals surface area (Å²) in [6, 6.07) is 11.6. The van der Waals surface area contributed by atoms with Gasteiger partial charge in [-0.1, -0.05) is 18.2 Å². The van der Waals surface area contributed by atoms with Crippen LogP contribution in [0.15, 0.2) is 41.4 Å². The summed E-state index contributed by atoms with van der Waals surface area (Å²) in [5.41, 5.74) is 3.77. The molecule has 1 aliphatic heterocycles. The Balaban J connectivity index is 1.92. The molecule has 2 aromatic carbocycles. The fraction of sp³-hybridized carbons (Fsp3) is 0.263. The molecule has 0 amide bonds. The molecule has 0 saturated carbocycles. The van der Waals surface area contributed by atoms with Gasteiger partial charge < -0.3 is 9.47 Å². The first-order valence-electron chi connectivity index (χ1n) is 7.57. The van der Waals surface area contributed by atoms with Crippen molar-refractivity contribution in [1.29, 1.82) is 0 Å². The van der Waals surface area contributed by atoms with Crippen LogP contribution < -0.4 is 9.47 Å². The highest BCUT2D eigenvalue weighted by Crippen LogP contribution is 2.50. The van der Waals surface area contributed by atoms with Crippen molar-refractivity contribution in [2.45, 2.75) is 18.8 Å². The van der Waals surface area contributed by atoms with Crippen LogP contribution in [0, 0.1) is 0 Å². The fourth-order valence-electron chi connectivity index (χ4n) is 3.79. The number of para-hydroxylation sites is 1. The molecule has 1 unspecified atom stereocenters. The van der Waals surface area contributed by atoms with Crippen LogP contribution in [0.5, 0.6) is 11.5 Å². The van der Waals surface area contributed by atoms with E-state index in [4.69, 9.17) is 9.47 Å². The zero-order valence-corrected chi connectivity index (χ0v) is 13.3. The summed E-state index contributed by atoms with van der Waals surface area (Å²) < 4.78 is 10.7. The molecule has 0 bridgehead atoms. The summed E-state index contributed by atoms with van der Waals surface area (Å²) >= 11 is 0. The molecule has 0 saturated heterocycles. The van der Waals surface area contributed by atoms with Gasteiger partial charge in [-0.05, 0) is 42.7 Å². The molecule has 4 nitrogen and oxygen atoms in total. The van der Waals surface area contributed by atoms with Crippen LogP contribution in [-0.2, 0) is 11.8 Å². The second-order valence-corrected chi connectivity index (χ2v) is 5.99. The molecule has 0 radical (unpaired) electrons. The third kappa shape index (κ3) is 1.66. The average molecular weight is 307 g/mol. The minimum absolute atomic E-state index is 0.0969. The molecule has 23 heavy (non-hydrogen) atoms. The van der Waals surface area contributed by atoms with Crippen molar-refractivity contribution in [2.75, 3.05) is 14.2 Å². The number of fused-ring (bicyclic) bond motifs is 3. The second kappa shape index (κ2) is 4.69. The molecule has 4 heteroatoms. The SMILES string of the molecule is COc1cc2c(cc1OC)C(=O)C1(C2)C(C)=Nc2ccccc21. The Hall–Kier alpha value is -2.62. The van der Waals surface area contributed by atoms with Crippen molar-refractivity contribution in [3.63, 3.8) is 0 Å². The van der Waals surface area contributed by atoms with Crippen LogP contribution >= 0.6 is 0 Å². The summed E-state index contributed by atoms with van der Waals surface area (Å²) in [6.45, 7) is 1.94. The zero-order valence-electron chi connectivity index (χ0n) is 13.3. The van der Waals surface area contributed by atoms with Crippen LogP contribution in [0.4, 0.5) is 5.69 Å². The van der Waals surface area contributed by atoms with E-state index in [1.807, 2.05) is 37.3 Å². The normalized spacial score (nSPS) is 21.2. The molecule has 2 aliphatic rings. The van der Waals surface area contributed by atoms with Gasteiger partial charge in [-0.15, -0.1) is 0 Å². The number of benzene rings is 2. The van der Waals surface area contributed by atoms with E-state index in [-0.39, 0.29) is 5.78 Å². The first kappa shape index (κ1) is 14.0. The summed E-state index contributed by atoms with van der Waals surface area (Å²) in [4.78, 5) is 17.9. The quantitative estimate of drug-likeness (QED) is 0.853. The standard InChI is InChI=1S/C19H17NO3/c1-11-19(14-6-4-5-7-15(14)20-11)10-12-8-16(22-2)17(23-3)9-13(12)18(19)21/h4-9H,10H2,1-3H3. The first-order valence-corrected chi connectivity index (χ1v) is 7.57. The number of methoxy groups -OCH3 is 2. The Labute approximate surface area is 134 Å². The van der Waals surface area contributed by atoms with E-state index in [1.54, 1.807) is 20.3 Å². The Bertz CT molecular complexity index is 869. The van der Waals surface area contributed by atoms with Gasteiger partial charge in [0, 0.05) is 11.3 Å². The van der Waals surface area contributed by atoms with E-state index < -0.39 is 5.41 Å². The molecule has 0 fully saturated rings. The van der Waals surface area contributed by atoms with Crippen molar-refractivity contribution < 1.29 is 14.3 Å². The Morgan fingerprint density at radius 3 is 2.52 bits per heavy atom. The maximum absolute atomic E-state index is 13.3. The highest BCUT2D eigenvalue weighted by Gasteiger charge is 2.52. The lowest BCUT2D eigenvalue weighted by molar-refractivity contribution is 0.0946. The summed E-state index contributed by atoms with van der Waals surface area (Å²) in [5, 5.41) is 0.